The Morgan fingerprint density at radius 3 is 2.50 bits per heavy atom. The Kier molecular flexibility index (Phi) is 7.47. The number of aliphatic hydroxyl groups excluding tert-OH is 1. The molecule has 0 aromatic heterocycles. The van der Waals surface area contributed by atoms with E-state index in [0.717, 1.165) is 30.8 Å². The van der Waals surface area contributed by atoms with Gasteiger partial charge in [-0.25, -0.2) is 0 Å². The van der Waals surface area contributed by atoms with Gasteiger partial charge in [0.15, 0.2) is 0 Å². The van der Waals surface area contributed by atoms with Crippen LogP contribution in [-0.4, -0.2) is 47.3 Å². The van der Waals surface area contributed by atoms with Crippen LogP contribution in [0.5, 0.6) is 5.75 Å². The van der Waals surface area contributed by atoms with Crippen LogP contribution in [0.25, 0.3) is 0 Å². The van der Waals surface area contributed by atoms with Crippen LogP contribution in [0.4, 0.5) is 0 Å². The highest BCUT2D eigenvalue weighted by atomic mass is 16.6. The van der Waals surface area contributed by atoms with Crippen LogP contribution in [0.15, 0.2) is 24.3 Å². The van der Waals surface area contributed by atoms with Crippen molar-refractivity contribution in [3.05, 3.63) is 29.8 Å². The van der Waals surface area contributed by atoms with Crippen molar-refractivity contribution in [3.8, 4) is 5.75 Å². The van der Waals surface area contributed by atoms with Gasteiger partial charge < -0.3 is 24.4 Å². The van der Waals surface area contributed by atoms with Crippen LogP contribution in [-0.2, 0) is 16.1 Å². The van der Waals surface area contributed by atoms with Crippen LogP contribution in [0.2, 0.25) is 0 Å². The summed E-state index contributed by atoms with van der Waals surface area (Å²) in [5, 5.41) is 20.6. The summed E-state index contributed by atoms with van der Waals surface area (Å²) < 4.78 is 17.4. The lowest BCUT2D eigenvalue weighted by molar-refractivity contribution is -0.134. The lowest BCUT2D eigenvalue weighted by atomic mass is 9.84. The molecule has 0 unspecified atom stereocenters. The molecular formula is C21H34O5. The van der Waals surface area contributed by atoms with Crippen LogP contribution in [0, 0.1) is 0 Å². The van der Waals surface area contributed by atoms with Gasteiger partial charge in [-0.1, -0.05) is 19.1 Å². The standard InChI is InChI=1S/C21H34O5/c1-5-21(23,16(2)22)13-11-19(20(3)12-6-14-26-20)25-15-17-7-9-18(24-4)10-8-17/h7-10,16,19,22-23H,5-6,11-15H2,1-4H3/t16-,19-,20+,21-/m1/s1. The fraction of sp³-hybridized carbons (Fsp3) is 0.714. The molecule has 1 aromatic carbocycles. The molecule has 0 spiro atoms. The molecule has 0 amide bonds. The Balaban J connectivity index is 2.03. The Labute approximate surface area is 157 Å². The molecule has 5 nitrogen and oxygen atoms in total. The van der Waals surface area contributed by atoms with Gasteiger partial charge in [-0.15, -0.1) is 0 Å². The number of hydrogen-bond acceptors (Lipinski definition) is 5. The highest BCUT2D eigenvalue weighted by Crippen LogP contribution is 2.35. The Bertz CT molecular complexity index is 536. The lowest BCUT2D eigenvalue weighted by Crippen LogP contribution is -2.45. The molecule has 1 heterocycles. The van der Waals surface area contributed by atoms with Gasteiger partial charge >= 0.3 is 0 Å². The molecule has 0 bridgehead atoms. The van der Waals surface area contributed by atoms with Crippen LogP contribution in [0.3, 0.4) is 0 Å². The minimum Gasteiger partial charge on any atom is -0.497 e. The number of aliphatic hydroxyl groups is 2. The number of ether oxygens (including phenoxy) is 3. The van der Waals surface area contributed by atoms with E-state index in [4.69, 9.17) is 14.2 Å². The zero-order chi connectivity index (χ0) is 19.2. The summed E-state index contributed by atoms with van der Waals surface area (Å²) in [6.45, 7) is 6.85. The molecule has 1 fully saturated rings. The van der Waals surface area contributed by atoms with Crippen molar-refractivity contribution >= 4 is 0 Å². The van der Waals surface area contributed by atoms with Crippen molar-refractivity contribution in [1.29, 1.82) is 0 Å². The van der Waals surface area contributed by atoms with Gasteiger partial charge in [0, 0.05) is 6.61 Å². The molecule has 1 aliphatic heterocycles. The SMILES string of the molecule is CC[C@@](O)(CC[C@@H](OCc1ccc(OC)cc1)[C@]1(C)CCCO1)[C@@H](C)O. The van der Waals surface area contributed by atoms with Crippen molar-refractivity contribution in [2.75, 3.05) is 13.7 Å². The molecule has 2 rings (SSSR count). The molecule has 1 saturated heterocycles. The van der Waals surface area contributed by atoms with Gasteiger partial charge in [-0.3, -0.25) is 0 Å². The molecule has 0 radical (unpaired) electrons. The predicted octanol–water partition coefficient (Wildman–Crippen LogP) is 3.45. The molecule has 0 aliphatic carbocycles. The van der Waals surface area contributed by atoms with Crippen molar-refractivity contribution in [3.63, 3.8) is 0 Å². The van der Waals surface area contributed by atoms with Crippen LogP contribution >= 0.6 is 0 Å². The number of hydrogen-bond donors (Lipinski definition) is 2. The van der Waals surface area contributed by atoms with E-state index < -0.39 is 11.7 Å². The van der Waals surface area contributed by atoms with Gasteiger partial charge in [0.05, 0.1) is 37.1 Å². The third kappa shape index (κ3) is 5.19. The summed E-state index contributed by atoms with van der Waals surface area (Å²) in [5.41, 5.74) is -0.366. The highest BCUT2D eigenvalue weighted by molar-refractivity contribution is 5.26. The minimum absolute atomic E-state index is 0.135. The van der Waals surface area contributed by atoms with Gasteiger partial charge in [0.25, 0.3) is 0 Å². The zero-order valence-corrected chi connectivity index (χ0v) is 16.5. The van der Waals surface area contributed by atoms with Crippen LogP contribution in [0.1, 0.15) is 58.4 Å². The van der Waals surface area contributed by atoms with E-state index >= 15 is 0 Å². The quantitative estimate of drug-likeness (QED) is 0.664. The van der Waals surface area contributed by atoms with E-state index in [1.807, 2.05) is 31.2 Å². The smallest absolute Gasteiger partial charge is 0.118 e. The van der Waals surface area contributed by atoms with E-state index in [1.165, 1.54) is 0 Å². The number of rotatable bonds is 10. The molecule has 1 aliphatic rings. The first kappa shape index (κ1) is 21.2. The molecular weight excluding hydrogens is 332 g/mol. The second kappa shape index (κ2) is 9.18. The summed E-state index contributed by atoms with van der Waals surface area (Å²) >= 11 is 0. The van der Waals surface area contributed by atoms with Crippen molar-refractivity contribution in [2.24, 2.45) is 0 Å². The summed E-state index contributed by atoms with van der Waals surface area (Å²) in [4.78, 5) is 0. The van der Waals surface area contributed by atoms with Gasteiger partial charge in [-0.2, -0.15) is 0 Å². The first-order valence-electron chi connectivity index (χ1n) is 9.62. The average molecular weight is 366 g/mol. The molecule has 2 N–H and O–H groups in total. The topological polar surface area (TPSA) is 68.2 Å². The fourth-order valence-electron chi connectivity index (χ4n) is 3.60. The fourth-order valence-corrected chi connectivity index (χ4v) is 3.60. The molecule has 1 aromatic rings. The van der Waals surface area contributed by atoms with E-state index in [2.05, 4.69) is 6.92 Å². The van der Waals surface area contributed by atoms with E-state index in [1.54, 1.807) is 14.0 Å². The molecule has 26 heavy (non-hydrogen) atoms. The summed E-state index contributed by atoms with van der Waals surface area (Å²) in [7, 11) is 1.65. The molecule has 0 saturated carbocycles. The zero-order valence-electron chi connectivity index (χ0n) is 16.5. The number of methoxy groups -OCH3 is 1. The van der Waals surface area contributed by atoms with Gasteiger partial charge in [-0.05, 0) is 63.6 Å². The maximum absolute atomic E-state index is 10.7. The summed E-state index contributed by atoms with van der Waals surface area (Å²) in [6, 6.07) is 7.83. The summed E-state index contributed by atoms with van der Waals surface area (Å²) in [6.07, 6.45) is 2.69. The lowest BCUT2D eigenvalue weighted by Gasteiger charge is -2.37. The van der Waals surface area contributed by atoms with Gasteiger partial charge in [0.1, 0.15) is 5.75 Å². The van der Waals surface area contributed by atoms with Crippen molar-refractivity contribution < 1.29 is 24.4 Å². The normalized spacial score (nSPS) is 24.8. The maximum Gasteiger partial charge on any atom is 0.118 e. The van der Waals surface area contributed by atoms with Crippen LogP contribution < -0.4 is 4.74 Å². The van der Waals surface area contributed by atoms with E-state index in [9.17, 15) is 10.2 Å². The average Bonchev–Trinajstić information content (AvgIpc) is 3.09. The van der Waals surface area contributed by atoms with Crippen molar-refractivity contribution in [1.82, 2.24) is 0 Å². The van der Waals surface area contributed by atoms with E-state index in [0.29, 0.717) is 25.9 Å². The predicted molar refractivity (Wildman–Crippen MR) is 101 cm³/mol. The Morgan fingerprint density at radius 2 is 2.00 bits per heavy atom. The first-order valence-corrected chi connectivity index (χ1v) is 9.62. The molecule has 5 heteroatoms. The Hall–Kier alpha value is -1.14. The van der Waals surface area contributed by atoms with Crippen molar-refractivity contribution in [2.45, 2.75) is 82.9 Å². The van der Waals surface area contributed by atoms with E-state index in [-0.39, 0.29) is 11.7 Å². The van der Waals surface area contributed by atoms with Gasteiger partial charge in [0.2, 0.25) is 0 Å². The largest absolute Gasteiger partial charge is 0.497 e. The monoisotopic (exact) mass is 366 g/mol. The summed E-state index contributed by atoms with van der Waals surface area (Å²) in [5.74, 6) is 0.821. The minimum atomic E-state index is -1.09. The Morgan fingerprint density at radius 1 is 1.31 bits per heavy atom. The number of benzene rings is 1. The molecule has 4 atom stereocenters. The third-order valence-electron chi connectivity index (χ3n) is 5.77. The third-order valence-corrected chi connectivity index (χ3v) is 5.77. The maximum atomic E-state index is 10.7. The second-order valence-corrected chi connectivity index (χ2v) is 7.58. The second-order valence-electron chi connectivity index (χ2n) is 7.58. The highest BCUT2D eigenvalue weighted by Gasteiger charge is 2.41. The first-order chi connectivity index (χ1) is 12.3. The molecule has 148 valence electrons.